The molecule has 4 aromatic rings. The molecular formula is C32H28IN5O. The van der Waals surface area contributed by atoms with Crippen molar-refractivity contribution in [2.75, 3.05) is 18.9 Å². The molecule has 3 heterocycles. The highest BCUT2D eigenvalue weighted by Gasteiger charge is 2.26. The molecule has 2 aromatic carbocycles. The van der Waals surface area contributed by atoms with Crippen LogP contribution in [0.25, 0.3) is 35.7 Å². The lowest BCUT2D eigenvalue weighted by molar-refractivity contribution is 0.0732. The number of pyridine rings is 1. The van der Waals surface area contributed by atoms with Crippen molar-refractivity contribution in [3.63, 3.8) is 0 Å². The summed E-state index contributed by atoms with van der Waals surface area (Å²) in [6.45, 7) is 8.71. The van der Waals surface area contributed by atoms with Crippen LogP contribution in [0.5, 0.6) is 0 Å². The number of nitrogens with zero attached hydrogens (tertiary/aromatic N) is 4. The van der Waals surface area contributed by atoms with Crippen molar-refractivity contribution in [2.45, 2.75) is 13.0 Å². The van der Waals surface area contributed by atoms with E-state index in [1.807, 2.05) is 42.3 Å². The van der Waals surface area contributed by atoms with Gasteiger partial charge in [-0.1, -0.05) is 55.7 Å². The Labute approximate surface area is 242 Å². The molecule has 7 heteroatoms. The predicted molar refractivity (Wildman–Crippen MR) is 168 cm³/mol. The van der Waals surface area contributed by atoms with Gasteiger partial charge >= 0.3 is 0 Å². The minimum absolute atomic E-state index is 0.00840. The third kappa shape index (κ3) is 5.83. The van der Waals surface area contributed by atoms with Crippen LogP contribution in [0, 0.1) is 3.57 Å². The second kappa shape index (κ2) is 11.7. The van der Waals surface area contributed by atoms with Crippen LogP contribution in [0.1, 0.15) is 44.0 Å². The van der Waals surface area contributed by atoms with Crippen LogP contribution in [-0.4, -0.2) is 39.4 Å². The Morgan fingerprint density at radius 2 is 1.69 bits per heavy atom. The quantitative estimate of drug-likeness (QED) is 0.180. The van der Waals surface area contributed by atoms with E-state index >= 15 is 0 Å². The fourth-order valence-electron chi connectivity index (χ4n) is 4.57. The van der Waals surface area contributed by atoms with Gasteiger partial charge in [-0.05, 0) is 76.5 Å². The van der Waals surface area contributed by atoms with Crippen molar-refractivity contribution in [1.82, 2.24) is 19.9 Å². The number of nitrogens with one attached hydrogen (secondary N) is 1. The molecule has 0 atom stereocenters. The molecule has 1 amide bonds. The number of carbonyl (C=O) groups is 1. The zero-order valence-electron chi connectivity index (χ0n) is 21.7. The first-order valence-electron chi connectivity index (χ1n) is 12.6. The Morgan fingerprint density at radius 3 is 2.33 bits per heavy atom. The summed E-state index contributed by atoms with van der Waals surface area (Å²) in [5, 5.41) is 3.21. The Morgan fingerprint density at radius 1 is 1.00 bits per heavy atom. The smallest absolute Gasteiger partial charge is 0.254 e. The van der Waals surface area contributed by atoms with E-state index in [-0.39, 0.29) is 5.91 Å². The Bertz CT molecular complexity index is 1580. The normalized spacial score (nSPS) is 12.7. The Kier molecular flexibility index (Phi) is 7.97. The zero-order chi connectivity index (χ0) is 27.4. The number of carbonyl (C=O) groups excluding carboxylic acids is 1. The minimum Gasteiger partial charge on any atom is -0.373 e. The molecule has 5 rings (SSSR count). The van der Waals surface area contributed by atoms with Gasteiger partial charge < -0.3 is 10.2 Å². The van der Waals surface area contributed by atoms with Crippen LogP contribution in [0.2, 0.25) is 0 Å². The number of benzene rings is 2. The van der Waals surface area contributed by atoms with Gasteiger partial charge in [-0.3, -0.25) is 9.78 Å². The van der Waals surface area contributed by atoms with Crippen LogP contribution in [0.15, 0.2) is 74.0 Å². The maximum absolute atomic E-state index is 13.4. The highest BCUT2D eigenvalue weighted by molar-refractivity contribution is 14.1. The highest BCUT2D eigenvalue weighted by Crippen LogP contribution is 2.28. The van der Waals surface area contributed by atoms with Gasteiger partial charge in [0.25, 0.3) is 5.91 Å². The summed E-state index contributed by atoms with van der Waals surface area (Å²) in [7, 11) is 1.85. The van der Waals surface area contributed by atoms with Crippen molar-refractivity contribution in [3.8, 4) is 11.4 Å². The zero-order valence-corrected chi connectivity index (χ0v) is 23.9. The second-order valence-corrected chi connectivity index (χ2v) is 10.4. The van der Waals surface area contributed by atoms with E-state index in [0.29, 0.717) is 30.9 Å². The number of rotatable bonds is 7. The van der Waals surface area contributed by atoms with Crippen molar-refractivity contribution in [2.24, 2.45) is 0 Å². The van der Waals surface area contributed by atoms with E-state index in [1.54, 1.807) is 18.3 Å². The molecule has 1 N–H and O–H groups in total. The minimum atomic E-state index is -0.00840. The predicted octanol–water partition coefficient (Wildman–Crippen LogP) is 6.84. The first-order valence-corrected chi connectivity index (χ1v) is 13.7. The van der Waals surface area contributed by atoms with Gasteiger partial charge in [0.2, 0.25) is 0 Å². The van der Waals surface area contributed by atoms with Gasteiger partial charge in [0.1, 0.15) is 5.82 Å². The van der Waals surface area contributed by atoms with Crippen molar-refractivity contribution in [1.29, 1.82) is 0 Å². The standard InChI is InChI=1S/C32H28IN5O/c1-4-23-18-25(19-35-28(23)5-2)30-36-29-20-38(17-16-27(29)31(34-3)37-30)32(39)24-12-8-21(9-13-24)6-7-22-10-14-26(33)15-11-22/h4-15,18-19H,1-2,16-17,20H2,3H3,(H,34,36,37)/b7-6+. The maximum Gasteiger partial charge on any atom is 0.254 e. The molecule has 1 aliphatic heterocycles. The summed E-state index contributed by atoms with van der Waals surface area (Å²) in [4.78, 5) is 29.4. The molecule has 0 spiro atoms. The van der Waals surface area contributed by atoms with E-state index < -0.39 is 0 Å². The molecular weight excluding hydrogens is 597 g/mol. The second-order valence-electron chi connectivity index (χ2n) is 9.16. The lowest BCUT2D eigenvalue weighted by Gasteiger charge is -2.29. The average Bonchev–Trinajstić information content (AvgIpc) is 2.99. The third-order valence-electron chi connectivity index (χ3n) is 6.71. The lowest BCUT2D eigenvalue weighted by atomic mass is 10.0. The number of aromatic nitrogens is 3. The van der Waals surface area contributed by atoms with Crippen molar-refractivity contribution >= 4 is 58.6 Å². The molecule has 0 bridgehead atoms. The van der Waals surface area contributed by atoms with Crippen LogP contribution < -0.4 is 5.32 Å². The number of anilines is 1. The van der Waals surface area contributed by atoms with E-state index in [2.05, 4.69) is 82.5 Å². The first-order chi connectivity index (χ1) is 19.0. The monoisotopic (exact) mass is 625 g/mol. The average molecular weight is 626 g/mol. The van der Waals surface area contributed by atoms with E-state index in [1.165, 1.54) is 3.57 Å². The fraction of sp³-hybridized carbons (Fsp3) is 0.125. The molecule has 6 nitrogen and oxygen atoms in total. The SMILES string of the molecule is C=Cc1cc(-c2nc3c(c(NC)n2)CCN(C(=O)c2ccc(/C=C/c4ccc(I)cc4)cc2)C3)cnc1C=C. The third-order valence-corrected chi connectivity index (χ3v) is 7.43. The number of fused-ring (bicyclic) bond motifs is 1. The number of halogens is 1. The van der Waals surface area contributed by atoms with Gasteiger partial charge in [0.15, 0.2) is 5.82 Å². The molecule has 0 fully saturated rings. The first kappa shape index (κ1) is 26.5. The molecule has 1 aliphatic rings. The fourth-order valence-corrected chi connectivity index (χ4v) is 4.93. The van der Waals surface area contributed by atoms with Crippen LogP contribution in [0.4, 0.5) is 5.82 Å². The topological polar surface area (TPSA) is 71.0 Å². The van der Waals surface area contributed by atoms with Crippen LogP contribution in [0.3, 0.4) is 0 Å². The summed E-state index contributed by atoms with van der Waals surface area (Å²) < 4.78 is 1.21. The van der Waals surface area contributed by atoms with Crippen molar-refractivity contribution in [3.05, 3.63) is 117 Å². The van der Waals surface area contributed by atoms with Gasteiger partial charge in [-0.25, -0.2) is 9.97 Å². The number of hydrogen-bond acceptors (Lipinski definition) is 5. The maximum atomic E-state index is 13.4. The number of amides is 1. The molecule has 0 unspecified atom stereocenters. The molecule has 0 saturated carbocycles. The van der Waals surface area contributed by atoms with E-state index in [0.717, 1.165) is 45.0 Å². The van der Waals surface area contributed by atoms with Gasteiger partial charge in [-0.15, -0.1) is 0 Å². The molecule has 0 saturated heterocycles. The van der Waals surface area contributed by atoms with Gasteiger partial charge in [0.05, 0.1) is 17.9 Å². The summed E-state index contributed by atoms with van der Waals surface area (Å²) >= 11 is 2.30. The van der Waals surface area contributed by atoms with Crippen LogP contribution >= 0.6 is 22.6 Å². The van der Waals surface area contributed by atoms with Crippen LogP contribution in [-0.2, 0) is 13.0 Å². The van der Waals surface area contributed by atoms with Gasteiger partial charge in [0, 0.05) is 45.6 Å². The molecule has 194 valence electrons. The summed E-state index contributed by atoms with van der Waals surface area (Å²) in [6, 6.07) is 18.0. The van der Waals surface area contributed by atoms with Crippen molar-refractivity contribution < 1.29 is 4.79 Å². The molecule has 0 aliphatic carbocycles. The Balaban J connectivity index is 1.36. The Hall–Kier alpha value is -4.11. The largest absolute Gasteiger partial charge is 0.373 e. The lowest BCUT2D eigenvalue weighted by Crippen LogP contribution is -2.37. The molecule has 39 heavy (non-hydrogen) atoms. The van der Waals surface area contributed by atoms with E-state index in [4.69, 9.17) is 9.97 Å². The summed E-state index contributed by atoms with van der Waals surface area (Å²) in [6.07, 6.45) is 9.99. The molecule has 2 aromatic heterocycles. The summed E-state index contributed by atoms with van der Waals surface area (Å²) in [5.74, 6) is 1.33. The summed E-state index contributed by atoms with van der Waals surface area (Å²) in [5.41, 5.74) is 7.13. The van der Waals surface area contributed by atoms with Gasteiger partial charge in [-0.2, -0.15) is 0 Å². The number of hydrogen-bond donors (Lipinski definition) is 1. The highest BCUT2D eigenvalue weighted by atomic mass is 127. The van der Waals surface area contributed by atoms with E-state index in [9.17, 15) is 4.79 Å². The molecule has 0 radical (unpaired) electrons.